The molecule has 3 aromatic rings. The van der Waals surface area contributed by atoms with Crippen molar-refractivity contribution in [3.8, 4) is 0 Å². The molecule has 144 valence electrons. The largest absolute Gasteiger partial charge is 0.296 e. The average molecular weight is 374 g/mol. The highest BCUT2D eigenvalue weighted by Gasteiger charge is 2.15. The molecule has 0 saturated heterocycles. The van der Waals surface area contributed by atoms with Crippen molar-refractivity contribution in [3.05, 3.63) is 68.8 Å². The fraction of sp³-hybridized carbons (Fsp3) is 0.375. The molecule has 4 rings (SSSR count). The Morgan fingerprint density at radius 1 is 1.11 bits per heavy atom. The van der Waals surface area contributed by atoms with Crippen LogP contribution in [0.1, 0.15) is 63.3 Å². The van der Waals surface area contributed by atoms with Crippen molar-refractivity contribution >= 4 is 23.1 Å². The maximum Gasteiger partial charge on any atom is 0.261 e. The van der Waals surface area contributed by atoms with Gasteiger partial charge in [0.05, 0.1) is 17.2 Å². The van der Waals surface area contributed by atoms with Gasteiger partial charge in [-0.05, 0) is 54.7 Å². The lowest BCUT2D eigenvalue weighted by molar-refractivity contribution is 0.433. The fourth-order valence-electron chi connectivity index (χ4n) is 4.26. The normalized spacial score (nSPS) is 14.2. The predicted octanol–water partition coefficient (Wildman–Crippen LogP) is 3.49. The Bertz CT molecular complexity index is 1160. The number of pyridine rings is 1. The van der Waals surface area contributed by atoms with Crippen LogP contribution < -0.4 is 16.0 Å². The van der Waals surface area contributed by atoms with Crippen molar-refractivity contribution in [3.63, 3.8) is 0 Å². The zero-order valence-electron chi connectivity index (χ0n) is 16.7. The topological polar surface area (TPSA) is 47.8 Å². The van der Waals surface area contributed by atoms with E-state index >= 15 is 0 Å². The molecule has 1 aliphatic carbocycles. The molecular weight excluding hydrogens is 346 g/mol. The lowest BCUT2D eigenvalue weighted by atomic mass is 9.97. The van der Waals surface area contributed by atoms with Gasteiger partial charge in [0.15, 0.2) is 0 Å². The molecule has 0 saturated carbocycles. The van der Waals surface area contributed by atoms with Gasteiger partial charge >= 0.3 is 0 Å². The summed E-state index contributed by atoms with van der Waals surface area (Å²) in [6.07, 6.45) is 13.8. The molecule has 2 aromatic heterocycles. The maximum absolute atomic E-state index is 13.4. The van der Waals surface area contributed by atoms with Crippen LogP contribution >= 0.6 is 0 Å². The number of fused-ring (bicyclic) bond motifs is 3. The summed E-state index contributed by atoms with van der Waals surface area (Å²) in [7, 11) is 0. The van der Waals surface area contributed by atoms with E-state index in [-0.39, 0.29) is 11.6 Å². The van der Waals surface area contributed by atoms with Crippen LogP contribution in [-0.4, -0.2) is 14.5 Å². The van der Waals surface area contributed by atoms with Crippen LogP contribution in [0, 0.1) is 0 Å². The van der Waals surface area contributed by atoms with Gasteiger partial charge in [0.2, 0.25) is 0 Å². The first-order valence-corrected chi connectivity index (χ1v) is 10.4. The Morgan fingerprint density at radius 2 is 1.93 bits per heavy atom. The van der Waals surface area contributed by atoms with E-state index in [1.807, 2.05) is 29.0 Å². The van der Waals surface area contributed by atoms with Crippen LogP contribution in [0.4, 0.5) is 0 Å². The van der Waals surface area contributed by atoms with E-state index in [1.54, 1.807) is 6.33 Å². The van der Waals surface area contributed by atoms with Gasteiger partial charge in [-0.15, -0.1) is 0 Å². The third-order valence-electron chi connectivity index (χ3n) is 5.69. The van der Waals surface area contributed by atoms with Crippen LogP contribution in [0.5, 0.6) is 0 Å². The quantitative estimate of drug-likeness (QED) is 0.665. The maximum atomic E-state index is 13.4. The van der Waals surface area contributed by atoms with Gasteiger partial charge in [-0.2, -0.15) is 0 Å². The third kappa shape index (κ3) is 3.39. The standard InChI is InChI=1S/C24H27N3O/c1-3-9-19(4-2)27-16-26-23-21-12-6-5-11-20(21)17(15-22(23)24(27)28)14-18-10-7-8-13-25-18/h7-8,10-13,15-16,19H,3-6,9,14H2,1-2H3. The van der Waals surface area contributed by atoms with Crippen LogP contribution in [0.15, 0.2) is 41.6 Å². The van der Waals surface area contributed by atoms with Crippen LogP contribution in [0.2, 0.25) is 0 Å². The highest BCUT2D eigenvalue weighted by atomic mass is 16.1. The Labute approximate surface area is 165 Å². The van der Waals surface area contributed by atoms with Crippen molar-refractivity contribution in [2.45, 2.75) is 58.4 Å². The van der Waals surface area contributed by atoms with E-state index in [0.717, 1.165) is 65.9 Å². The minimum Gasteiger partial charge on any atom is -0.296 e. The first-order valence-electron chi connectivity index (χ1n) is 10.4. The summed E-state index contributed by atoms with van der Waals surface area (Å²) in [6.45, 7) is 4.30. The summed E-state index contributed by atoms with van der Waals surface area (Å²) in [5, 5.41) is 3.06. The van der Waals surface area contributed by atoms with E-state index in [9.17, 15) is 4.79 Å². The summed E-state index contributed by atoms with van der Waals surface area (Å²) in [5.74, 6) is 0. The first kappa shape index (κ1) is 18.6. The minimum atomic E-state index is 0.0781. The highest BCUT2D eigenvalue weighted by Crippen LogP contribution is 2.17. The molecule has 28 heavy (non-hydrogen) atoms. The van der Waals surface area contributed by atoms with E-state index in [0.29, 0.717) is 0 Å². The van der Waals surface area contributed by atoms with E-state index in [2.05, 4.69) is 37.0 Å². The smallest absolute Gasteiger partial charge is 0.261 e. The molecule has 2 heterocycles. The van der Waals surface area contributed by atoms with Crippen LogP contribution in [-0.2, 0) is 6.42 Å². The predicted molar refractivity (Wildman–Crippen MR) is 115 cm³/mol. The Hall–Kier alpha value is -2.75. The SMILES string of the molecule is CCCC(CC)n1cnc2c3c(c(Cc4ccccn4)cc2c1=O)=CCCC=3. The second-order valence-corrected chi connectivity index (χ2v) is 7.55. The summed E-state index contributed by atoms with van der Waals surface area (Å²) < 4.78 is 1.84. The zero-order valence-corrected chi connectivity index (χ0v) is 16.7. The molecule has 0 spiro atoms. The molecule has 0 fully saturated rings. The molecule has 0 amide bonds. The second kappa shape index (κ2) is 8.09. The van der Waals surface area contributed by atoms with Crippen molar-refractivity contribution in [2.24, 2.45) is 0 Å². The van der Waals surface area contributed by atoms with Crippen molar-refractivity contribution in [1.29, 1.82) is 0 Å². The molecule has 0 aliphatic heterocycles. The van der Waals surface area contributed by atoms with Gasteiger partial charge in [-0.25, -0.2) is 4.98 Å². The number of hydrogen-bond acceptors (Lipinski definition) is 3. The van der Waals surface area contributed by atoms with E-state index < -0.39 is 0 Å². The molecule has 1 aliphatic rings. The number of aromatic nitrogens is 3. The number of rotatable bonds is 6. The molecule has 4 heteroatoms. The van der Waals surface area contributed by atoms with E-state index in [4.69, 9.17) is 4.98 Å². The van der Waals surface area contributed by atoms with Gasteiger partial charge in [0.1, 0.15) is 0 Å². The van der Waals surface area contributed by atoms with Gasteiger partial charge in [0, 0.05) is 29.6 Å². The minimum absolute atomic E-state index is 0.0781. The number of hydrogen-bond donors (Lipinski definition) is 0. The van der Waals surface area contributed by atoms with Crippen molar-refractivity contribution in [1.82, 2.24) is 14.5 Å². The molecule has 1 unspecified atom stereocenters. The van der Waals surface area contributed by atoms with E-state index in [1.165, 1.54) is 5.22 Å². The second-order valence-electron chi connectivity index (χ2n) is 7.55. The summed E-state index contributed by atoms with van der Waals surface area (Å²) >= 11 is 0. The Morgan fingerprint density at radius 3 is 2.64 bits per heavy atom. The molecular formula is C24H27N3O. The number of benzene rings is 1. The monoisotopic (exact) mass is 373 g/mol. The third-order valence-corrected chi connectivity index (χ3v) is 5.69. The lowest BCUT2D eigenvalue weighted by Crippen LogP contribution is -2.35. The molecule has 0 N–H and O–H groups in total. The van der Waals surface area contributed by atoms with Gasteiger partial charge < -0.3 is 0 Å². The van der Waals surface area contributed by atoms with Gasteiger partial charge in [-0.1, -0.05) is 38.5 Å². The van der Waals surface area contributed by atoms with Gasteiger partial charge in [0.25, 0.3) is 5.56 Å². The fourth-order valence-corrected chi connectivity index (χ4v) is 4.26. The summed E-state index contributed by atoms with van der Waals surface area (Å²) in [5.41, 5.74) is 3.10. The van der Waals surface area contributed by atoms with Crippen molar-refractivity contribution < 1.29 is 0 Å². The zero-order chi connectivity index (χ0) is 19.5. The Balaban J connectivity index is 1.95. The molecule has 0 bridgehead atoms. The molecule has 0 radical (unpaired) electrons. The number of nitrogens with zero attached hydrogens (tertiary/aromatic N) is 3. The van der Waals surface area contributed by atoms with Crippen LogP contribution in [0.3, 0.4) is 0 Å². The average Bonchev–Trinajstić information content (AvgIpc) is 2.74. The van der Waals surface area contributed by atoms with Crippen LogP contribution in [0.25, 0.3) is 23.1 Å². The summed E-state index contributed by atoms with van der Waals surface area (Å²) in [4.78, 5) is 22.6. The molecule has 1 atom stereocenters. The first-order chi connectivity index (χ1) is 13.7. The van der Waals surface area contributed by atoms with Gasteiger partial charge in [-0.3, -0.25) is 14.3 Å². The van der Waals surface area contributed by atoms with Crippen molar-refractivity contribution in [2.75, 3.05) is 0 Å². The Kier molecular flexibility index (Phi) is 5.38. The molecule has 1 aromatic carbocycles. The molecule has 4 nitrogen and oxygen atoms in total. The summed E-state index contributed by atoms with van der Waals surface area (Å²) in [6, 6.07) is 8.25. The highest BCUT2D eigenvalue weighted by molar-refractivity contribution is 5.80. The lowest BCUT2D eigenvalue weighted by Gasteiger charge is -2.18.